The Hall–Kier alpha value is -0.0500. The average molecular weight is 195 g/mol. The summed E-state index contributed by atoms with van der Waals surface area (Å²) < 4.78 is -0.771. The lowest BCUT2D eigenvalue weighted by Crippen LogP contribution is -2.33. The first-order chi connectivity index (χ1) is 3.89. The molecule has 0 rings (SSSR count). The molecule has 1 N–H and O–H groups in total. The minimum absolute atomic E-state index is 0.106. The van der Waals surface area contributed by atoms with Gasteiger partial charge in [0.05, 0.1) is 0 Å². The fourth-order valence-corrected chi connectivity index (χ4v) is 0.247. The van der Waals surface area contributed by atoms with Crippen LogP contribution in [-0.4, -0.2) is 15.4 Å². The number of hydrogen-bond acceptors (Lipinski definition) is 1. The second-order valence-electron chi connectivity index (χ2n) is 2.54. The SMILES string of the molecule is CC(C)[C@](C)(Br)C(=O)O. The Balaban J connectivity index is 4.19. The van der Waals surface area contributed by atoms with Gasteiger partial charge in [0.25, 0.3) is 0 Å². The van der Waals surface area contributed by atoms with Gasteiger partial charge in [0, 0.05) is 0 Å². The molecule has 0 aliphatic rings. The number of hydrogen-bond donors (Lipinski definition) is 1. The van der Waals surface area contributed by atoms with Gasteiger partial charge in [0.2, 0.25) is 0 Å². The lowest BCUT2D eigenvalue weighted by molar-refractivity contribution is -0.140. The zero-order valence-electron chi connectivity index (χ0n) is 5.81. The first kappa shape index (κ1) is 8.95. The van der Waals surface area contributed by atoms with Crippen molar-refractivity contribution in [1.82, 2.24) is 0 Å². The van der Waals surface area contributed by atoms with Crippen LogP contribution in [0.5, 0.6) is 0 Å². The minimum Gasteiger partial charge on any atom is -0.480 e. The van der Waals surface area contributed by atoms with Crippen molar-refractivity contribution in [2.75, 3.05) is 0 Å². The fraction of sp³-hybridized carbons (Fsp3) is 0.833. The zero-order valence-corrected chi connectivity index (χ0v) is 7.40. The Kier molecular flexibility index (Phi) is 2.67. The van der Waals surface area contributed by atoms with Gasteiger partial charge >= 0.3 is 5.97 Å². The van der Waals surface area contributed by atoms with Gasteiger partial charge in [-0.3, -0.25) is 4.79 Å². The first-order valence-electron chi connectivity index (χ1n) is 2.81. The second-order valence-corrected chi connectivity index (χ2v) is 4.18. The number of carboxylic acids is 1. The second kappa shape index (κ2) is 2.69. The largest absolute Gasteiger partial charge is 0.480 e. The summed E-state index contributed by atoms with van der Waals surface area (Å²) in [6.07, 6.45) is 0. The van der Waals surface area contributed by atoms with Crippen LogP contribution in [0.4, 0.5) is 0 Å². The van der Waals surface area contributed by atoms with Gasteiger partial charge < -0.3 is 5.11 Å². The molecule has 0 aromatic rings. The van der Waals surface area contributed by atoms with Gasteiger partial charge in [-0.05, 0) is 12.8 Å². The van der Waals surface area contributed by atoms with E-state index in [2.05, 4.69) is 15.9 Å². The lowest BCUT2D eigenvalue weighted by atomic mass is 9.98. The van der Waals surface area contributed by atoms with Crippen molar-refractivity contribution < 1.29 is 9.90 Å². The molecule has 54 valence electrons. The summed E-state index contributed by atoms with van der Waals surface area (Å²) in [5, 5.41) is 8.56. The number of carbonyl (C=O) groups is 1. The molecule has 0 aromatic carbocycles. The molecule has 0 aromatic heterocycles. The predicted molar refractivity (Wildman–Crippen MR) is 39.8 cm³/mol. The normalized spacial score (nSPS) is 17.4. The fourth-order valence-electron chi connectivity index (χ4n) is 0.247. The van der Waals surface area contributed by atoms with Crippen LogP contribution in [0.1, 0.15) is 20.8 Å². The molecule has 0 aliphatic carbocycles. The molecule has 0 saturated carbocycles. The van der Waals surface area contributed by atoms with E-state index in [9.17, 15) is 4.79 Å². The van der Waals surface area contributed by atoms with E-state index in [1.165, 1.54) is 0 Å². The summed E-state index contributed by atoms with van der Waals surface area (Å²) >= 11 is 3.11. The molecule has 3 heteroatoms. The maximum Gasteiger partial charge on any atom is 0.320 e. The van der Waals surface area contributed by atoms with E-state index < -0.39 is 10.3 Å². The Morgan fingerprint density at radius 1 is 1.67 bits per heavy atom. The molecule has 0 fully saturated rings. The summed E-state index contributed by atoms with van der Waals surface area (Å²) in [5.74, 6) is -0.701. The van der Waals surface area contributed by atoms with Crippen molar-refractivity contribution in [3.63, 3.8) is 0 Å². The number of rotatable bonds is 2. The molecule has 0 saturated heterocycles. The molecule has 0 bridgehead atoms. The van der Waals surface area contributed by atoms with Crippen LogP contribution in [0.2, 0.25) is 0 Å². The minimum atomic E-state index is -0.808. The van der Waals surface area contributed by atoms with Gasteiger partial charge in [-0.15, -0.1) is 0 Å². The standard InChI is InChI=1S/C6H11BrO2/c1-4(2)6(3,7)5(8)9/h4H,1-3H3,(H,8,9)/t6-/m0/s1. The van der Waals surface area contributed by atoms with Crippen molar-refractivity contribution in [1.29, 1.82) is 0 Å². The van der Waals surface area contributed by atoms with Crippen LogP contribution in [-0.2, 0) is 4.79 Å². The predicted octanol–water partition coefficient (Wildman–Crippen LogP) is 1.88. The highest BCUT2D eigenvalue weighted by Gasteiger charge is 2.32. The third kappa shape index (κ3) is 1.97. The summed E-state index contributed by atoms with van der Waals surface area (Å²) in [6, 6.07) is 0. The third-order valence-corrected chi connectivity index (χ3v) is 2.76. The molecule has 0 radical (unpaired) electrons. The van der Waals surface area contributed by atoms with Gasteiger partial charge in [-0.1, -0.05) is 29.8 Å². The smallest absolute Gasteiger partial charge is 0.320 e. The number of halogens is 1. The number of carboxylic acid groups (broad SMARTS) is 1. The van der Waals surface area contributed by atoms with E-state index >= 15 is 0 Å². The third-order valence-electron chi connectivity index (χ3n) is 1.50. The lowest BCUT2D eigenvalue weighted by Gasteiger charge is -2.20. The molecule has 9 heavy (non-hydrogen) atoms. The first-order valence-corrected chi connectivity index (χ1v) is 3.60. The summed E-state index contributed by atoms with van der Waals surface area (Å²) in [4.78, 5) is 10.4. The Morgan fingerprint density at radius 3 is 2.00 bits per heavy atom. The van der Waals surface area contributed by atoms with Gasteiger partial charge in [0.15, 0.2) is 0 Å². The number of aliphatic carboxylic acids is 1. The molecule has 0 amide bonds. The molecule has 0 heterocycles. The van der Waals surface area contributed by atoms with Gasteiger partial charge in [-0.2, -0.15) is 0 Å². The number of alkyl halides is 1. The Morgan fingerprint density at radius 2 is 2.00 bits per heavy atom. The van der Waals surface area contributed by atoms with Gasteiger partial charge in [0.1, 0.15) is 4.32 Å². The Labute approximate surface area is 63.4 Å². The van der Waals surface area contributed by atoms with E-state index in [0.717, 1.165) is 0 Å². The summed E-state index contributed by atoms with van der Waals surface area (Å²) in [5.41, 5.74) is 0. The average Bonchev–Trinajstić information content (AvgIpc) is 1.65. The Bertz CT molecular complexity index is 118. The molecular weight excluding hydrogens is 184 g/mol. The van der Waals surface area contributed by atoms with Crippen LogP contribution >= 0.6 is 15.9 Å². The molecule has 0 spiro atoms. The monoisotopic (exact) mass is 194 g/mol. The van der Waals surface area contributed by atoms with Crippen LogP contribution in [0, 0.1) is 5.92 Å². The summed E-state index contributed by atoms with van der Waals surface area (Å²) in [6.45, 7) is 5.38. The van der Waals surface area contributed by atoms with Crippen LogP contribution in [0.15, 0.2) is 0 Å². The van der Waals surface area contributed by atoms with Crippen molar-refractivity contribution in [2.45, 2.75) is 25.1 Å². The molecular formula is C6H11BrO2. The zero-order chi connectivity index (χ0) is 7.65. The van der Waals surface area contributed by atoms with E-state index in [0.29, 0.717) is 0 Å². The maximum absolute atomic E-state index is 10.4. The molecule has 0 unspecified atom stereocenters. The van der Waals surface area contributed by atoms with Crippen molar-refractivity contribution in [2.24, 2.45) is 5.92 Å². The quantitative estimate of drug-likeness (QED) is 0.683. The van der Waals surface area contributed by atoms with Crippen LogP contribution in [0.25, 0.3) is 0 Å². The van der Waals surface area contributed by atoms with E-state index in [1.807, 2.05) is 13.8 Å². The highest BCUT2D eigenvalue weighted by Crippen LogP contribution is 2.26. The topological polar surface area (TPSA) is 37.3 Å². The molecule has 2 nitrogen and oxygen atoms in total. The highest BCUT2D eigenvalue weighted by molar-refractivity contribution is 9.10. The van der Waals surface area contributed by atoms with E-state index in [-0.39, 0.29) is 5.92 Å². The van der Waals surface area contributed by atoms with Crippen molar-refractivity contribution >= 4 is 21.9 Å². The highest BCUT2D eigenvalue weighted by atomic mass is 79.9. The maximum atomic E-state index is 10.4. The van der Waals surface area contributed by atoms with Crippen LogP contribution in [0.3, 0.4) is 0 Å². The molecule has 0 aliphatic heterocycles. The van der Waals surface area contributed by atoms with Gasteiger partial charge in [-0.25, -0.2) is 0 Å². The van der Waals surface area contributed by atoms with Crippen molar-refractivity contribution in [3.8, 4) is 0 Å². The summed E-state index contributed by atoms with van der Waals surface area (Å²) in [7, 11) is 0. The molecule has 1 atom stereocenters. The van der Waals surface area contributed by atoms with Crippen LogP contribution < -0.4 is 0 Å². The van der Waals surface area contributed by atoms with Crippen molar-refractivity contribution in [3.05, 3.63) is 0 Å². The van der Waals surface area contributed by atoms with E-state index in [4.69, 9.17) is 5.11 Å². The van der Waals surface area contributed by atoms with E-state index in [1.54, 1.807) is 6.92 Å².